The molecule has 0 aromatic heterocycles. The molecule has 1 aromatic carbocycles. The highest BCUT2D eigenvalue weighted by Gasteiger charge is 2.27. The van der Waals surface area contributed by atoms with Gasteiger partial charge < -0.3 is 15.0 Å². The summed E-state index contributed by atoms with van der Waals surface area (Å²) in [5, 5.41) is 13.3. The molecular formula is C14H20N3O4+. The number of quaternary nitrogens is 1. The first kappa shape index (κ1) is 15.4. The van der Waals surface area contributed by atoms with Crippen LogP contribution in [0.15, 0.2) is 24.3 Å². The Morgan fingerprint density at radius 1 is 1.33 bits per heavy atom. The highest BCUT2D eigenvalue weighted by atomic mass is 16.6. The summed E-state index contributed by atoms with van der Waals surface area (Å²) in [5.74, 6) is -0.0971. The first-order chi connectivity index (χ1) is 9.94. The maximum Gasteiger partial charge on any atom is 0.279 e. The molecule has 0 unspecified atom stereocenters. The van der Waals surface area contributed by atoms with Crippen molar-refractivity contribution < 1.29 is 19.4 Å². The molecule has 7 heteroatoms. The number of non-ortho nitro benzene ring substituents is 1. The molecule has 0 spiro atoms. The molecule has 2 atom stereocenters. The minimum Gasteiger partial charge on any atom is -0.364 e. The summed E-state index contributed by atoms with van der Waals surface area (Å²) in [4.78, 5) is 23.3. The van der Waals surface area contributed by atoms with Crippen molar-refractivity contribution in [3.05, 3.63) is 34.4 Å². The summed E-state index contributed by atoms with van der Waals surface area (Å²) in [6.45, 7) is 5.98. The topological polar surface area (TPSA) is 85.9 Å². The lowest BCUT2D eigenvalue weighted by Gasteiger charge is -2.31. The number of nitrogens with zero attached hydrogens (tertiary/aromatic N) is 1. The molecule has 21 heavy (non-hydrogen) atoms. The van der Waals surface area contributed by atoms with Crippen LogP contribution in [0.1, 0.15) is 13.8 Å². The fourth-order valence-electron chi connectivity index (χ4n) is 2.63. The minimum absolute atomic E-state index is 0.00875. The van der Waals surface area contributed by atoms with Gasteiger partial charge in [0.1, 0.15) is 25.3 Å². The number of amides is 1. The number of carbonyl (C=O) groups excluding carboxylic acids is 1. The van der Waals surface area contributed by atoms with Crippen LogP contribution < -0.4 is 10.2 Å². The number of nitrogens with one attached hydrogen (secondary N) is 2. The highest BCUT2D eigenvalue weighted by Crippen LogP contribution is 2.15. The van der Waals surface area contributed by atoms with Gasteiger partial charge in [-0.3, -0.25) is 14.9 Å². The molecule has 0 bridgehead atoms. The Balaban J connectivity index is 1.88. The molecule has 1 saturated heterocycles. The maximum atomic E-state index is 12.0. The summed E-state index contributed by atoms with van der Waals surface area (Å²) in [6, 6.07) is 5.83. The van der Waals surface area contributed by atoms with Gasteiger partial charge in [-0.25, -0.2) is 0 Å². The van der Waals surface area contributed by atoms with Crippen molar-refractivity contribution in [2.75, 3.05) is 25.0 Å². The molecule has 1 aliphatic heterocycles. The summed E-state index contributed by atoms with van der Waals surface area (Å²) >= 11 is 0. The Morgan fingerprint density at radius 2 is 1.90 bits per heavy atom. The molecule has 7 nitrogen and oxygen atoms in total. The molecule has 2 N–H and O–H groups in total. The van der Waals surface area contributed by atoms with E-state index in [9.17, 15) is 14.9 Å². The van der Waals surface area contributed by atoms with Crippen LogP contribution in [0.4, 0.5) is 11.4 Å². The van der Waals surface area contributed by atoms with E-state index in [0.717, 1.165) is 13.1 Å². The number of hydrogen-bond donors (Lipinski definition) is 2. The van der Waals surface area contributed by atoms with Gasteiger partial charge in [0, 0.05) is 17.8 Å². The minimum atomic E-state index is -0.466. The van der Waals surface area contributed by atoms with Crippen molar-refractivity contribution in [1.82, 2.24) is 0 Å². The van der Waals surface area contributed by atoms with E-state index in [-0.39, 0.29) is 23.8 Å². The van der Waals surface area contributed by atoms with Crippen LogP contribution >= 0.6 is 0 Å². The third kappa shape index (κ3) is 4.51. The van der Waals surface area contributed by atoms with Crippen LogP contribution in [-0.2, 0) is 9.53 Å². The second kappa shape index (κ2) is 6.64. The zero-order valence-electron chi connectivity index (χ0n) is 12.2. The van der Waals surface area contributed by atoms with Gasteiger partial charge in [0.05, 0.1) is 4.92 Å². The quantitative estimate of drug-likeness (QED) is 0.614. The van der Waals surface area contributed by atoms with Gasteiger partial charge in [0.2, 0.25) is 0 Å². The van der Waals surface area contributed by atoms with Crippen molar-refractivity contribution in [1.29, 1.82) is 0 Å². The molecular weight excluding hydrogens is 274 g/mol. The number of morpholine rings is 1. The molecule has 114 valence electrons. The van der Waals surface area contributed by atoms with Crippen LogP contribution in [0.25, 0.3) is 0 Å². The second-order valence-corrected chi connectivity index (χ2v) is 5.44. The monoisotopic (exact) mass is 294 g/mol. The Labute approximate surface area is 123 Å². The van der Waals surface area contributed by atoms with E-state index >= 15 is 0 Å². The highest BCUT2D eigenvalue weighted by molar-refractivity contribution is 5.91. The smallest absolute Gasteiger partial charge is 0.279 e. The van der Waals surface area contributed by atoms with Crippen molar-refractivity contribution in [2.45, 2.75) is 26.1 Å². The number of hydrogen-bond acceptors (Lipinski definition) is 4. The third-order valence-electron chi connectivity index (χ3n) is 3.39. The van der Waals surface area contributed by atoms with E-state index in [1.54, 1.807) is 0 Å². The van der Waals surface area contributed by atoms with Gasteiger partial charge in [0.15, 0.2) is 6.54 Å². The van der Waals surface area contributed by atoms with Crippen molar-refractivity contribution in [3.63, 3.8) is 0 Å². The normalized spacial score (nSPS) is 25.3. The lowest BCUT2D eigenvalue weighted by atomic mass is 10.2. The van der Waals surface area contributed by atoms with Gasteiger partial charge >= 0.3 is 0 Å². The zero-order chi connectivity index (χ0) is 15.4. The molecule has 1 amide bonds. The summed E-state index contributed by atoms with van der Waals surface area (Å²) in [6.07, 6.45) is 0.298. The Hall–Kier alpha value is -1.99. The van der Waals surface area contributed by atoms with E-state index in [4.69, 9.17) is 4.74 Å². The standard InChI is InChI=1S/C14H19N3O4/c1-10-7-16(8-11(2)21-10)9-14(18)15-12-3-5-13(6-4-12)17(19)20/h3-6,10-11H,7-9H2,1-2H3,(H,15,18)/p+1/t10-,11-/m0/s1. The van der Waals surface area contributed by atoms with Crippen LogP contribution in [0.3, 0.4) is 0 Å². The molecule has 1 aliphatic rings. The van der Waals surface area contributed by atoms with Crippen LogP contribution in [0.2, 0.25) is 0 Å². The number of ether oxygens (including phenoxy) is 1. The molecule has 0 radical (unpaired) electrons. The molecule has 1 fully saturated rings. The second-order valence-electron chi connectivity index (χ2n) is 5.44. The zero-order valence-corrected chi connectivity index (χ0v) is 12.2. The first-order valence-corrected chi connectivity index (χ1v) is 6.97. The summed E-state index contributed by atoms with van der Waals surface area (Å²) in [5.41, 5.74) is 0.578. The molecule has 1 aromatic rings. The number of rotatable bonds is 4. The number of nitro benzene ring substituents is 1. The average Bonchev–Trinajstić information content (AvgIpc) is 2.37. The lowest BCUT2D eigenvalue weighted by Crippen LogP contribution is -3.16. The van der Waals surface area contributed by atoms with Crippen LogP contribution in [0.5, 0.6) is 0 Å². The number of carbonyl (C=O) groups is 1. The Morgan fingerprint density at radius 3 is 2.43 bits per heavy atom. The van der Waals surface area contributed by atoms with Crippen molar-refractivity contribution in [3.8, 4) is 0 Å². The largest absolute Gasteiger partial charge is 0.364 e. The summed E-state index contributed by atoms with van der Waals surface area (Å²) < 4.78 is 5.64. The molecule has 2 rings (SSSR count). The van der Waals surface area contributed by atoms with Gasteiger partial charge in [-0.15, -0.1) is 0 Å². The van der Waals surface area contributed by atoms with Gasteiger partial charge in [-0.2, -0.15) is 0 Å². The third-order valence-corrected chi connectivity index (χ3v) is 3.39. The van der Waals surface area contributed by atoms with E-state index in [0.29, 0.717) is 12.2 Å². The van der Waals surface area contributed by atoms with E-state index in [1.165, 1.54) is 29.2 Å². The molecule has 1 heterocycles. The predicted octanol–water partition coefficient (Wildman–Crippen LogP) is 0.225. The summed E-state index contributed by atoms with van der Waals surface area (Å²) in [7, 11) is 0. The molecule has 0 saturated carbocycles. The fourth-order valence-corrected chi connectivity index (χ4v) is 2.63. The van der Waals surface area contributed by atoms with Crippen molar-refractivity contribution in [2.24, 2.45) is 0 Å². The average molecular weight is 294 g/mol. The number of benzene rings is 1. The number of anilines is 1. The number of nitro groups is 1. The van der Waals surface area contributed by atoms with Gasteiger partial charge in [-0.1, -0.05) is 0 Å². The lowest BCUT2D eigenvalue weighted by molar-refractivity contribution is -0.907. The van der Waals surface area contributed by atoms with Gasteiger partial charge in [-0.05, 0) is 26.0 Å². The molecule has 0 aliphatic carbocycles. The first-order valence-electron chi connectivity index (χ1n) is 6.97. The SMILES string of the molecule is C[C@H]1C[NH+](CC(=O)Nc2ccc([N+](=O)[O-])cc2)C[C@H](C)O1. The Bertz CT molecular complexity index is 507. The maximum absolute atomic E-state index is 12.0. The predicted molar refractivity (Wildman–Crippen MR) is 77.3 cm³/mol. The van der Waals surface area contributed by atoms with Gasteiger partial charge in [0.25, 0.3) is 11.6 Å². The van der Waals surface area contributed by atoms with Crippen molar-refractivity contribution >= 4 is 17.3 Å². The fraction of sp³-hybridized carbons (Fsp3) is 0.500. The van der Waals surface area contributed by atoms with E-state index in [2.05, 4.69) is 5.32 Å². The van der Waals surface area contributed by atoms with Crippen LogP contribution in [0, 0.1) is 10.1 Å². The van der Waals surface area contributed by atoms with E-state index in [1.807, 2.05) is 13.8 Å². The van der Waals surface area contributed by atoms with Crippen LogP contribution in [-0.4, -0.2) is 42.7 Å². The van der Waals surface area contributed by atoms with E-state index < -0.39 is 4.92 Å². The Kier molecular flexibility index (Phi) is 4.87.